The van der Waals surface area contributed by atoms with Crippen LogP contribution in [0.3, 0.4) is 0 Å². The van der Waals surface area contributed by atoms with Crippen molar-refractivity contribution in [3.63, 3.8) is 0 Å². The Morgan fingerprint density at radius 2 is 1.76 bits per heavy atom. The molecule has 3 aromatic carbocycles. The molecule has 0 radical (unpaired) electrons. The summed E-state index contributed by atoms with van der Waals surface area (Å²) in [6.45, 7) is 0.280. The molecule has 2 aliphatic rings. The second kappa shape index (κ2) is 8.77. The van der Waals surface area contributed by atoms with E-state index in [1.54, 1.807) is 29.0 Å². The van der Waals surface area contributed by atoms with Crippen LogP contribution in [0.25, 0.3) is 10.9 Å². The fourth-order valence-electron chi connectivity index (χ4n) is 5.53. The van der Waals surface area contributed by atoms with Gasteiger partial charge in [0.25, 0.3) is 5.69 Å². The fourth-order valence-corrected chi connectivity index (χ4v) is 5.53. The molecule has 1 N–H and O–H groups in total. The maximum atomic E-state index is 13.8. The lowest BCUT2D eigenvalue weighted by atomic mass is 9.86. The highest BCUT2D eigenvalue weighted by Gasteiger charge is 2.48. The number of carbonyl (C=O) groups excluding carboxylic acids is 2. The van der Waals surface area contributed by atoms with Crippen LogP contribution in [-0.4, -0.2) is 51.2 Å². The zero-order valence-electron chi connectivity index (χ0n) is 20.1. The SMILES string of the molecule is COc1ccc(CN2CC(=O)N3[C@H](c4ccc([N+](=O)[O-])cc4)c4[nH]c5ccccc5c4C[C@@H]3C2=O)cc1. The van der Waals surface area contributed by atoms with E-state index in [-0.39, 0.29) is 24.0 Å². The van der Waals surface area contributed by atoms with Gasteiger partial charge in [-0.25, -0.2) is 0 Å². The first kappa shape index (κ1) is 22.8. The predicted molar refractivity (Wildman–Crippen MR) is 136 cm³/mol. The van der Waals surface area contributed by atoms with E-state index < -0.39 is 17.0 Å². The molecule has 9 nitrogen and oxygen atoms in total. The Labute approximate surface area is 212 Å². The van der Waals surface area contributed by atoms with E-state index in [2.05, 4.69) is 4.98 Å². The highest BCUT2D eigenvalue weighted by molar-refractivity contribution is 5.97. The Balaban J connectivity index is 1.41. The molecule has 2 atom stereocenters. The number of aromatic amines is 1. The van der Waals surface area contributed by atoms with E-state index in [0.717, 1.165) is 33.5 Å². The van der Waals surface area contributed by atoms with Crippen LogP contribution in [0.4, 0.5) is 5.69 Å². The van der Waals surface area contributed by atoms with Gasteiger partial charge in [-0.1, -0.05) is 30.3 Å². The number of hydrogen-bond donors (Lipinski definition) is 1. The molecule has 0 saturated carbocycles. The summed E-state index contributed by atoms with van der Waals surface area (Å²) in [5.74, 6) is 0.449. The van der Waals surface area contributed by atoms with Crippen molar-refractivity contribution in [3.05, 3.63) is 105 Å². The minimum absolute atomic E-state index is 0.0281. The van der Waals surface area contributed by atoms with Crippen molar-refractivity contribution >= 4 is 28.4 Å². The molecule has 2 aliphatic heterocycles. The van der Waals surface area contributed by atoms with E-state index in [0.29, 0.717) is 18.5 Å². The Bertz CT molecular complexity index is 1530. The van der Waals surface area contributed by atoms with Crippen molar-refractivity contribution < 1.29 is 19.2 Å². The Kier molecular flexibility index (Phi) is 5.40. The minimum atomic E-state index is -0.675. The lowest BCUT2D eigenvalue weighted by Crippen LogP contribution is -2.62. The number of methoxy groups -OCH3 is 1. The van der Waals surface area contributed by atoms with Gasteiger partial charge >= 0.3 is 0 Å². The summed E-state index contributed by atoms with van der Waals surface area (Å²) in [6, 6.07) is 20.3. The van der Waals surface area contributed by atoms with Crippen molar-refractivity contribution in [1.82, 2.24) is 14.8 Å². The quantitative estimate of drug-likeness (QED) is 0.332. The summed E-state index contributed by atoms with van der Waals surface area (Å²) < 4.78 is 5.22. The van der Waals surface area contributed by atoms with E-state index in [1.165, 1.54) is 12.1 Å². The molecule has 1 aromatic heterocycles. The number of nitro groups is 1. The number of nitrogens with zero attached hydrogens (tertiary/aromatic N) is 3. The first-order valence-electron chi connectivity index (χ1n) is 12.0. The number of aromatic nitrogens is 1. The third-order valence-corrected chi connectivity index (χ3v) is 7.29. The lowest BCUT2D eigenvalue weighted by Gasteiger charge is -2.47. The molecule has 1 saturated heterocycles. The molecule has 0 bridgehead atoms. The minimum Gasteiger partial charge on any atom is -0.497 e. The molecule has 1 fully saturated rings. The van der Waals surface area contributed by atoms with E-state index in [4.69, 9.17) is 4.74 Å². The monoisotopic (exact) mass is 496 g/mol. The third-order valence-electron chi connectivity index (χ3n) is 7.29. The number of rotatable bonds is 5. The maximum Gasteiger partial charge on any atom is 0.269 e. The largest absolute Gasteiger partial charge is 0.497 e. The highest BCUT2D eigenvalue weighted by atomic mass is 16.6. The molecule has 0 unspecified atom stereocenters. The number of amides is 2. The zero-order valence-corrected chi connectivity index (χ0v) is 20.1. The maximum absolute atomic E-state index is 13.8. The van der Waals surface area contributed by atoms with E-state index in [1.807, 2.05) is 48.5 Å². The predicted octanol–water partition coefficient (Wildman–Crippen LogP) is 3.97. The number of para-hydroxylation sites is 1. The molecule has 0 spiro atoms. The molecular weight excluding hydrogens is 472 g/mol. The highest BCUT2D eigenvalue weighted by Crippen LogP contribution is 2.43. The van der Waals surface area contributed by atoms with Gasteiger partial charge in [0.2, 0.25) is 11.8 Å². The fraction of sp³-hybridized carbons (Fsp3) is 0.214. The number of carbonyl (C=O) groups is 2. The molecule has 0 aliphatic carbocycles. The number of benzene rings is 3. The number of fused-ring (bicyclic) bond motifs is 4. The number of H-pyrrole nitrogens is 1. The normalized spacial score (nSPS) is 19.1. The second-order valence-corrected chi connectivity index (χ2v) is 9.38. The number of nitro benzene ring substituents is 1. The summed E-state index contributed by atoms with van der Waals surface area (Å²) >= 11 is 0. The summed E-state index contributed by atoms with van der Waals surface area (Å²) in [7, 11) is 1.60. The Morgan fingerprint density at radius 3 is 2.46 bits per heavy atom. The lowest BCUT2D eigenvalue weighted by molar-refractivity contribution is -0.384. The summed E-state index contributed by atoms with van der Waals surface area (Å²) in [4.78, 5) is 45.0. The van der Waals surface area contributed by atoms with Crippen LogP contribution in [0.2, 0.25) is 0 Å². The number of hydrogen-bond acceptors (Lipinski definition) is 5. The second-order valence-electron chi connectivity index (χ2n) is 9.38. The van der Waals surface area contributed by atoms with Crippen LogP contribution in [0.15, 0.2) is 72.8 Å². The standard InChI is InChI=1S/C28H24N4O5/c1-37-20-12-6-17(7-13-20)15-30-16-25(33)31-24(28(30)34)14-22-21-4-2-3-5-23(21)29-26(22)27(31)18-8-10-19(11-9-18)32(35)36/h2-13,24,27,29H,14-16H2,1H3/t24-,27-/m1/s1. The average Bonchev–Trinajstić information content (AvgIpc) is 3.29. The van der Waals surface area contributed by atoms with Gasteiger partial charge in [-0.2, -0.15) is 0 Å². The number of piperazine rings is 1. The first-order valence-corrected chi connectivity index (χ1v) is 12.0. The molecule has 37 heavy (non-hydrogen) atoms. The van der Waals surface area contributed by atoms with Crippen LogP contribution in [-0.2, 0) is 22.6 Å². The van der Waals surface area contributed by atoms with Gasteiger partial charge in [-0.05, 0) is 47.0 Å². The first-order chi connectivity index (χ1) is 17.9. The van der Waals surface area contributed by atoms with Gasteiger partial charge in [-0.3, -0.25) is 19.7 Å². The summed E-state index contributed by atoms with van der Waals surface area (Å²) in [5, 5.41) is 12.2. The molecule has 3 heterocycles. The average molecular weight is 497 g/mol. The summed E-state index contributed by atoms with van der Waals surface area (Å²) in [5.41, 5.74) is 4.36. The number of nitrogens with one attached hydrogen (secondary N) is 1. The van der Waals surface area contributed by atoms with Crippen molar-refractivity contribution in [2.45, 2.75) is 25.0 Å². The zero-order chi connectivity index (χ0) is 25.7. The molecule has 4 aromatic rings. The van der Waals surface area contributed by atoms with Crippen molar-refractivity contribution in [1.29, 1.82) is 0 Å². The van der Waals surface area contributed by atoms with E-state index in [9.17, 15) is 19.7 Å². The molecule has 2 amide bonds. The molecule has 9 heteroatoms. The molecule has 186 valence electrons. The van der Waals surface area contributed by atoms with Gasteiger partial charge in [0.15, 0.2) is 0 Å². The van der Waals surface area contributed by atoms with Gasteiger partial charge in [0.1, 0.15) is 18.3 Å². The van der Waals surface area contributed by atoms with Gasteiger partial charge in [-0.15, -0.1) is 0 Å². The topological polar surface area (TPSA) is 109 Å². The third kappa shape index (κ3) is 3.79. The van der Waals surface area contributed by atoms with Gasteiger partial charge in [0.05, 0.1) is 18.1 Å². The van der Waals surface area contributed by atoms with Crippen LogP contribution in [0, 0.1) is 10.1 Å². The Hall–Kier alpha value is -4.66. The van der Waals surface area contributed by atoms with Gasteiger partial charge in [0, 0.05) is 41.7 Å². The number of ether oxygens (including phenoxy) is 1. The van der Waals surface area contributed by atoms with Gasteiger partial charge < -0.3 is 19.5 Å². The van der Waals surface area contributed by atoms with E-state index >= 15 is 0 Å². The number of non-ortho nitro benzene ring substituents is 1. The van der Waals surface area contributed by atoms with Crippen LogP contribution in [0.5, 0.6) is 5.75 Å². The van der Waals surface area contributed by atoms with Crippen LogP contribution >= 0.6 is 0 Å². The van der Waals surface area contributed by atoms with Crippen molar-refractivity contribution in [3.8, 4) is 5.75 Å². The van der Waals surface area contributed by atoms with Crippen molar-refractivity contribution in [2.75, 3.05) is 13.7 Å². The summed E-state index contributed by atoms with van der Waals surface area (Å²) in [6.07, 6.45) is 0.395. The smallest absolute Gasteiger partial charge is 0.269 e. The van der Waals surface area contributed by atoms with Crippen LogP contribution in [0.1, 0.15) is 28.4 Å². The molecule has 6 rings (SSSR count). The van der Waals surface area contributed by atoms with Crippen molar-refractivity contribution in [2.24, 2.45) is 0 Å². The Morgan fingerprint density at radius 1 is 1.03 bits per heavy atom. The van der Waals surface area contributed by atoms with Crippen LogP contribution < -0.4 is 4.74 Å². The molecular formula is C28H24N4O5.